The maximum absolute atomic E-state index is 13.5. The number of nitrogens with two attached hydrogens (primary N) is 1. The molecule has 0 saturated heterocycles. The second-order valence-corrected chi connectivity index (χ2v) is 6.38. The fourth-order valence-corrected chi connectivity index (χ4v) is 2.65. The van der Waals surface area contributed by atoms with E-state index in [2.05, 4.69) is 25.6 Å². The van der Waals surface area contributed by atoms with Crippen LogP contribution < -0.4 is 5.73 Å². The van der Waals surface area contributed by atoms with Gasteiger partial charge in [0.15, 0.2) is 0 Å². The van der Waals surface area contributed by atoms with Gasteiger partial charge in [0.25, 0.3) is 0 Å². The number of thiocarbonyl (C=S) groups is 1. The van der Waals surface area contributed by atoms with Gasteiger partial charge in [-0.25, -0.2) is 4.39 Å². The molecule has 0 atom stereocenters. The molecule has 0 aliphatic carbocycles. The quantitative estimate of drug-likeness (QED) is 0.403. The molecule has 25 heavy (non-hydrogen) atoms. The Morgan fingerprint density at radius 2 is 1.84 bits per heavy atom. The summed E-state index contributed by atoms with van der Waals surface area (Å²) >= 11 is 10.7. The highest BCUT2D eigenvalue weighted by molar-refractivity contribution is 7.82. The van der Waals surface area contributed by atoms with E-state index in [1.54, 1.807) is 19.1 Å². The van der Waals surface area contributed by atoms with Crippen molar-refractivity contribution in [1.29, 1.82) is 5.41 Å². The number of benzene rings is 2. The zero-order valence-corrected chi connectivity index (χ0v) is 16.0. The van der Waals surface area contributed by atoms with Gasteiger partial charge in [-0.2, -0.15) is 0 Å². The van der Waals surface area contributed by atoms with Gasteiger partial charge in [-0.1, -0.05) is 68.0 Å². The van der Waals surface area contributed by atoms with Crippen LogP contribution in [-0.2, 0) is 6.42 Å². The molecule has 0 spiro atoms. The maximum Gasteiger partial charge on any atom is 0.132 e. The molecule has 0 aromatic heterocycles. The van der Waals surface area contributed by atoms with Crippen molar-refractivity contribution in [2.45, 2.75) is 26.7 Å². The van der Waals surface area contributed by atoms with Crippen LogP contribution in [0.4, 0.5) is 4.39 Å². The van der Waals surface area contributed by atoms with E-state index in [0.717, 1.165) is 11.4 Å². The molecule has 0 aliphatic rings. The molecule has 0 unspecified atom stereocenters. The Bertz CT molecular complexity index is 750. The Labute approximate surface area is 159 Å². The molecule has 2 aromatic rings. The average Bonchev–Trinajstić information content (AvgIpc) is 2.56. The lowest BCUT2D eigenvalue weighted by molar-refractivity contribution is 0.624. The summed E-state index contributed by atoms with van der Waals surface area (Å²) in [4.78, 5) is 0.0955. The summed E-state index contributed by atoms with van der Waals surface area (Å²) in [6, 6.07) is 12.7. The monoisotopic (exact) mass is 376 g/mol. The lowest BCUT2D eigenvalue weighted by atomic mass is 10.0. The Morgan fingerprint density at radius 3 is 2.32 bits per heavy atom. The molecule has 0 bridgehead atoms. The Kier molecular flexibility index (Phi) is 8.46. The summed E-state index contributed by atoms with van der Waals surface area (Å²) < 4.78 is 13.5. The summed E-state index contributed by atoms with van der Waals surface area (Å²) in [5, 5.41) is 8.37. The highest BCUT2D eigenvalue weighted by Gasteiger charge is 2.15. The van der Waals surface area contributed by atoms with Crippen LogP contribution in [0.1, 0.15) is 30.0 Å². The van der Waals surface area contributed by atoms with Gasteiger partial charge in [0.05, 0.1) is 16.3 Å². The van der Waals surface area contributed by atoms with E-state index in [-0.39, 0.29) is 21.8 Å². The second kappa shape index (κ2) is 10.1. The SMILES string of the molecule is C=C(N)C(=N)C(=S)c1c(C)cccc1F.CCCc1ccc(Cl)cc1. The number of rotatable bonds is 5. The predicted octanol–water partition coefficient (Wildman–Crippen LogP) is 5.64. The summed E-state index contributed by atoms with van der Waals surface area (Å²) in [5.41, 5.74) is 7.60. The van der Waals surface area contributed by atoms with Crippen LogP contribution in [-0.4, -0.2) is 10.6 Å². The third-order valence-electron chi connectivity index (χ3n) is 3.45. The minimum absolute atomic E-state index is 0.0441. The van der Waals surface area contributed by atoms with Crippen molar-refractivity contribution in [2.75, 3.05) is 0 Å². The first-order valence-electron chi connectivity index (χ1n) is 7.85. The smallest absolute Gasteiger partial charge is 0.132 e. The van der Waals surface area contributed by atoms with Crippen LogP contribution in [0.5, 0.6) is 0 Å². The molecule has 0 saturated carbocycles. The maximum atomic E-state index is 13.5. The highest BCUT2D eigenvalue weighted by atomic mass is 35.5. The molecule has 132 valence electrons. The van der Waals surface area contributed by atoms with E-state index in [1.165, 1.54) is 18.1 Å². The number of hydrogen-bond donors (Lipinski definition) is 2. The second-order valence-electron chi connectivity index (χ2n) is 5.54. The molecule has 0 aliphatic heterocycles. The van der Waals surface area contributed by atoms with Gasteiger partial charge in [0, 0.05) is 10.6 Å². The third kappa shape index (κ3) is 6.40. The van der Waals surface area contributed by atoms with E-state index in [1.807, 2.05) is 12.1 Å². The molecule has 5 heteroatoms. The zero-order chi connectivity index (χ0) is 19.0. The van der Waals surface area contributed by atoms with Crippen LogP contribution in [0.15, 0.2) is 54.7 Å². The first-order chi connectivity index (χ1) is 11.8. The van der Waals surface area contributed by atoms with Crippen LogP contribution in [0, 0.1) is 18.2 Å². The molecule has 2 rings (SSSR count). The van der Waals surface area contributed by atoms with Crippen LogP contribution >= 0.6 is 23.8 Å². The van der Waals surface area contributed by atoms with Crippen molar-refractivity contribution in [3.05, 3.63) is 82.3 Å². The molecular weight excluding hydrogens is 355 g/mol. The van der Waals surface area contributed by atoms with E-state index < -0.39 is 5.82 Å². The summed E-state index contributed by atoms with van der Waals surface area (Å²) in [5.74, 6) is -0.439. The topological polar surface area (TPSA) is 49.9 Å². The van der Waals surface area contributed by atoms with Crippen molar-refractivity contribution in [3.63, 3.8) is 0 Å². The van der Waals surface area contributed by atoms with Crippen molar-refractivity contribution < 1.29 is 4.39 Å². The molecule has 3 N–H and O–H groups in total. The van der Waals surface area contributed by atoms with Crippen LogP contribution in [0.3, 0.4) is 0 Å². The lowest BCUT2D eigenvalue weighted by Gasteiger charge is -2.09. The van der Waals surface area contributed by atoms with Gasteiger partial charge in [0.1, 0.15) is 5.82 Å². The highest BCUT2D eigenvalue weighted by Crippen LogP contribution is 2.15. The van der Waals surface area contributed by atoms with Gasteiger partial charge in [-0.3, -0.25) is 5.41 Å². The Morgan fingerprint density at radius 1 is 1.24 bits per heavy atom. The van der Waals surface area contributed by atoms with E-state index in [0.29, 0.717) is 5.56 Å². The Hall–Kier alpha value is -2.04. The summed E-state index contributed by atoms with van der Waals surface area (Å²) in [7, 11) is 0. The number of hydrogen-bond acceptors (Lipinski definition) is 3. The molecule has 0 radical (unpaired) electrons. The largest absolute Gasteiger partial charge is 0.397 e. The number of allylic oxidation sites excluding steroid dienone is 1. The van der Waals surface area contributed by atoms with E-state index >= 15 is 0 Å². The minimum Gasteiger partial charge on any atom is -0.397 e. The standard InChI is InChI=1S/C11H11FN2S.C9H11Cl/c1-6-4-3-5-8(12)9(6)11(15)10(14)7(2)13;1-2-3-8-4-6-9(10)7-5-8/h3-5,14H,2,13H2,1H3;4-7H,2-3H2,1H3. The predicted molar refractivity (Wildman–Crippen MR) is 109 cm³/mol. The van der Waals surface area contributed by atoms with Crippen LogP contribution in [0.25, 0.3) is 0 Å². The molecular formula is C20H22ClFN2S. The lowest BCUT2D eigenvalue weighted by Crippen LogP contribution is -2.20. The van der Waals surface area contributed by atoms with Gasteiger partial charge < -0.3 is 5.73 Å². The van der Waals surface area contributed by atoms with E-state index in [9.17, 15) is 4.39 Å². The van der Waals surface area contributed by atoms with E-state index in [4.69, 9.17) is 35.0 Å². The molecule has 0 heterocycles. The average molecular weight is 377 g/mol. The summed E-state index contributed by atoms with van der Waals surface area (Å²) in [6.07, 6.45) is 2.35. The molecule has 2 nitrogen and oxygen atoms in total. The van der Waals surface area contributed by atoms with Gasteiger partial charge >= 0.3 is 0 Å². The van der Waals surface area contributed by atoms with Crippen molar-refractivity contribution in [1.82, 2.24) is 0 Å². The first kappa shape index (κ1) is 21.0. The number of nitrogens with one attached hydrogen (secondary N) is 1. The molecule has 0 amide bonds. The van der Waals surface area contributed by atoms with Crippen molar-refractivity contribution >= 4 is 34.4 Å². The number of aryl methyl sites for hydroxylation is 2. The first-order valence-corrected chi connectivity index (χ1v) is 8.64. The Balaban J connectivity index is 0.000000271. The third-order valence-corrected chi connectivity index (χ3v) is 4.11. The van der Waals surface area contributed by atoms with Crippen molar-refractivity contribution in [3.8, 4) is 0 Å². The van der Waals surface area contributed by atoms with Crippen molar-refractivity contribution in [2.24, 2.45) is 5.73 Å². The normalized spacial score (nSPS) is 9.76. The van der Waals surface area contributed by atoms with Gasteiger partial charge in [0.2, 0.25) is 0 Å². The zero-order valence-electron chi connectivity index (χ0n) is 14.4. The van der Waals surface area contributed by atoms with Gasteiger partial charge in [-0.15, -0.1) is 0 Å². The molecule has 0 fully saturated rings. The molecule has 2 aromatic carbocycles. The summed E-state index contributed by atoms with van der Waals surface area (Å²) in [6.45, 7) is 7.31. The van der Waals surface area contributed by atoms with Crippen LogP contribution in [0.2, 0.25) is 5.02 Å². The fraction of sp³-hybridized carbons (Fsp3) is 0.200. The van der Waals surface area contributed by atoms with Gasteiger partial charge in [-0.05, 0) is 42.7 Å². The minimum atomic E-state index is -0.439. The number of halogens is 2. The fourth-order valence-electron chi connectivity index (χ4n) is 2.13.